The fourth-order valence-corrected chi connectivity index (χ4v) is 2.14. The highest BCUT2D eigenvalue weighted by Crippen LogP contribution is 2.22. The molecule has 2 amide bonds. The van der Waals surface area contributed by atoms with Crippen LogP contribution in [0.2, 0.25) is 10.0 Å². The van der Waals surface area contributed by atoms with Crippen molar-refractivity contribution in [3.63, 3.8) is 0 Å². The van der Waals surface area contributed by atoms with Crippen molar-refractivity contribution in [2.75, 3.05) is 13.1 Å². The average molecular weight is 353 g/mol. The van der Waals surface area contributed by atoms with Crippen LogP contribution in [0, 0.1) is 0 Å². The molecule has 23 heavy (non-hydrogen) atoms. The lowest BCUT2D eigenvalue weighted by atomic mass is 10.2. The molecule has 0 aromatic heterocycles. The highest BCUT2D eigenvalue weighted by molar-refractivity contribution is 6.42. The second-order valence-corrected chi connectivity index (χ2v) is 5.51. The molecule has 0 aliphatic heterocycles. The zero-order chi connectivity index (χ0) is 16.8. The van der Waals surface area contributed by atoms with Crippen LogP contribution in [0.25, 0.3) is 0 Å². The van der Waals surface area contributed by atoms with Crippen LogP contribution >= 0.6 is 23.2 Å². The van der Waals surface area contributed by atoms with E-state index in [0.717, 1.165) is 0 Å². The molecule has 120 valence electrons. The summed E-state index contributed by atoms with van der Waals surface area (Å²) in [6.07, 6.45) is 0. The summed E-state index contributed by atoms with van der Waals surface area (Å²) in [4.78, 5) is 23.7. The van der Waals surface area contributed by atoms with E-state index in [1.54, 1.807) is 24.3 Å². The lowest BCUT2D eigenvalue weighted by molar-refractivity contribution is 0.0927. The molecule has 0 fully saturated rings. The molecule has 2 aromatic rings. The second-order valence-electron chi connectivity index (χ2n) is 4.69. The molecule has 5 nitrogen and oxygen atoms in total. The maximum absolute atomic E-state index is 11.9. The van der Waals surface area contributed by atoms with Crippen LogP contribution < -0.4 is 10.6 Å². The third kappa shape index (κ3) is 4.87. The molecule has 0 heterocycles. The van der Waals surface area contributed by atoms with Gasteiger partial charge in [-0.05, 0) is 36.4 Å². The van der Waals surface area contributed by atoms with Crippen molar-refractivity contribution in [1.82, 2.24) is 10.6 Å². The van der Waals surface area contributed by atoms with Gasteiger partial charge in [0.25, 0.3) is 11.8 Å². The molecule has 2 aromatic carbocycles. The molecule has 0 aliphatic rings. The Morgan fingerprint density at radius 3 is 2.04 bits per heavy atom. The molecule has 0 unspecified atom stereocenters. The van der Waals surface area contributed by atoms with Gasteiger partial charge >= 0.3 is 0 Å². The van der Waals surface area contributed by atoms with Gasteiger partial charge in [0.2, 0.25) is 0 Å². The molecule has 7 heteroatoms. The van der Waals surface area contributed by atoms with Gasteiger partial charge in [0.15, 0.2) is 0 Å². The van der Waals surface area contributed by atoms with Gasteiger partial charge in [-0.2, -0.15) is 0 Å². The number of phenolic OH excluding ortho intramolecular Hbond substituents is 1. The number of carbonyl (C=O) groups is 2. The first-order chi connectivity index (χ1) is 11.0. The van der Waals surface area contributed by atoms with Crippen molar-refractivity contribution in [3.8, 4) is 5.75 Å². The fourth-order valence-electron chi connectivity index (χ4n) is 1.84. The number of hydrogen-bond acceptors (Lipinski definition) is 3. The van der Waals surface area contributed by atoms with Crippen LogP contribution in [-0.2, 0) is 0 Å². The standard InChI is InChI=1S/C16H14Cl2N2O3/c17-13-5-4-11(9-14(13)18)16(23)20-7-6-19-15(22)10-2-1-3-12(21)8-10/h1-5,8-9,21H,6-7H2,(H,19,22)(H,20,23). The number of aromatic hydroxyl groups is 1. The van der Waals surface area contributed by atoms with Crippen molar-refractivity contribution in [2.24, 2.45) is 0 Å². The maximum Gasteiger partial charge on any atom is 0.251 e. The molecular formula is C16H14Cl2N2O3. The van der Waals surface area contributed by atoms with Gasteiger partial charge in [-0.3, -0.25) is 9.59 Å². The van der Waals surface area contributed by atoms with E-state index in [4.69, 9.17) is 23.2 Å². The summed E-state index contributed by atoms with van der Waals surface area (Å²) in [6, 6.07) is 10.6. The lowest BCUT2D eigenvalue weighted by Crippen LogP contribution is -2.34. The van der Waals surface area contributed by atoms with E-state index in [1.807, 2.05) is 0 Å². The maximum atomic E-state index is 11.9. The van der Waals surface area contributed by atoms with Gasteiger partial charge in [0, 0.05) is 24.2 Å². The average Bonchev–Trinajstić information content (AvgIpc) is 2.53. The monoisotopic (exact) mass is 352 g/mol. The number of phenols is 1. The molecule has 0 radical (unpaired) electrons. The Bertz CT molecular complexity index is 735. The molecule has 0 atom stereocenters. The van der Waals surface area contributed by atoms with Gasteiger partial charge in [-0.15, -0.1) is 0 Å². The predicted octanol–water partition coefficient (Wildman–Crippen LogP) is 2.86. The minimum absolute atomic E-state index is 0.0190. The molecule has 0 bridgehead atoms. The highest BCUT2D eigenvalue weighted by Gasteiger charge is 2.08. The Morgan fingerprint density at radius 1 is 0.870 bits per heavy atom. The van der Waals surface area contributed by atoms with E-state index >= 15 is 0 Å². The zero-order valence-corrected chi connectivity index (χ0v) is 13.5. The van der Waals surface area contributed by atoms with Gasteiger partial charge in [-0.25, -0.2) is 0 Å². The SMILES string of the molecule is O=C(NCCNC(=O)c1ccc(Cl)c(Cl)c1)c1cccc(O)c1. The molecule has 0 saturated heterocycles. The summed E-state index contributed by atoms with van der Waals surface area (Å²) in [5.74, 6) is -0.620. The van der Waals surface area contributed by atoms with E-state index in [-0.39, 0.29) is 30.7 Å². The number of hydrogen-bond donors (Lipinski definition) is 3. The van der Waals surface area contributed by atoms with Crippen LogP contribution in [0.3, 0.4) is 0 Å². The van der Waals surface area contributed by atoms with Crippen molar-refractivity contribution < 1.29 is 14.7 Å². The number of rotatable bonds is 5. The fraction of sp³-hybridized carbons (Fsp3) is 0.125. The van der Waals surface area contributed by atoms with E-state index in [0.29, 0.717) is 21.2 Å². The summed E-state index contributed by atoms with van der Waals surface area (Å²) in [6.45, 7) is 0.505. The lowest BCUT2D eigenvalue weighted by Gasteiger charge is -2.08. The first kappa shape index (κ1) is 17.1. The normalized spacial score (nSPS) is 10.2. The summed E-state index contributed by atoms with van der Waals surface area (Å²) in [5.41, 5.74) is 0.736. The second kappa shape index (κ2) is 7.85. The third-order valence-corrected chi connectivity index (χ3v) is 3.73. The Morgan fingerprint density at radius 2 is 1.48 bits per heavy atom. The summed E-state index contributed by atoms with van der Waals surface area (Å²) >= 11 is 11.6. The first-order valence-electron chi connectivity index (χ1n) is 6.78. The molecular weight excluding hydrogens is 339 g/mol. The van der Waals surface area contributed by atoms with Gasteiger partial charge < -0.3 is 15.7 Å². The molecule has 2 rings (SSSR count). The number of carbonyl (C=O) groups excluding carboxylic acids is 2. The van der Waals surface area contributed by atoms with Crippen molar-refractivity contribution >= 4 is 35.0 Å². The molecule has 0 saturated carbocycles. The van der Waals surface area contributed by atoms with Crippen molar-refractivity contribution in [1.29, 1.82) is 0 Å². The van der Waals surface area contributed by atoms with Crippen LogP contribution in [0.4, 0.5) is 0 Å². The topological polar surface area (TPSA) is 78.4 Å². The highest BCUT2D eigenvalue weighted by atomic mass is 35.5. The third-order valence-electron chi connectivity index (χ3n) is 2.99. The van der Waals surface area contributed by atoms with Gasteiger partial charge in [-0.1, -0.05) is 29.3 Å². The number of benzene rings is 2. The zero-order valence-electron chi connectivity index (χ0n) is 12.0. The van der Waals surface area contributed by atoms with Crippen molar-refractivity contribution in [2.45, 2.75) is 0 Å². The Labute approximate surface area is 143 Å². The van der Waals surface area contributed by atoms with Gasteiger partial charge in [0.1, 0.15) is 5.75 Å². The quantitative estimate of drug-likeness (QED) is 0.724. The Kier molecular flexibility index (Phi) is 5.84. The Hall–Kier alpha value is -2.24. The van der Waals surface area contributed by atoms with Crippen LogP contribution in [0.15, 0.2) is 42.5 Å². The molecule has 0 spiro atoms. The smallest absolute Gasteiger partial charge is 0.251 e. The van der Waals surface area contributed by atoms with Crippen molar-refractivity contribution in [3.05, 3.63) is 63.6 Å². The minimum atomic E-state index is -0.329. The van der Waals surface area contributed by atoms with Gasteiger partial charge in [0.05, 0.1) is 10.0 Å². The molecule has 0 aliphatic carbocycles. The number of halogens is 2. The molecule has 3 N–H and O–H groups in total. The van der Waals surface area contributed by atoms with Crippen LogP contribution in [-0.4, -0.2) is 30.0 Å². The summed E-state index contributed by atoms with van der Waals surface area (Å²) in [7, 11) is 0. The predicted molar refractivity (Wildman–Crippen MR) is 89.2 cm³/mol. The summed E-state index contributed by atoms with van der Waals surface area (Å²) < 4.78 is 0. The first-order valence-corrected chi connectivity index (χ1v) is 7.53. The van der Waals surface area contributed by atoms with Crippen LogP contribution in [0.5, 0.6) is 5.75 Å². The number of nitrogens with one attached hydrogen (secondary N) is 2. The van der Waals surface area contributed by atoms with Crippen LogP contribution in [0.1, 0.15) is 20.7 Å². The van der Waals surface area contributed by atoms with E-state index in [9.17, 15) is 14.7 Å². The van der Waals surface area contributed by atoms with E-state index in [1.165, 1.54) is 18.2 Å². The Balaban J connectivity index is 1.79. The van der Waals surface area contributed by atoms with E-state index in [2.05, 4.69) is 10.6 Å². The summed E-state index contributed by atoms with van der Waals surface area (Å²) in [5, 5.41) is 15.3. The van der Waals surface area contributed by atoms with E-state index < -0.39 is 0 Å². The minimum Gasteiger partial charge on any atom is -0.508 e. The largest absolute Gasteiger partial charge is 0.508 e. The number of amides is 2.